The number of nitrogens with zero attached hydrogens (tertiary/aromatic N) is 3. The first-order valence-electron chi connectivity index (χ1n) is 9.40. The highest BCUT2D eigenvalue weighted by Gasteiger charge is 2.34. The molecule has 0 radical (unpaired) electrons. The van der Waals surface area contributed by atoms with E-state index in [1.807, 2.05) is 20.8 Å². The number of aliphatic imine (C=N–C) groups is 1. The van der Waals surface area contributed by atoms with Gasteiger partial charge in [-0.3, -0.25) is 9.89 Å². The highest BCUT2D eigenvalue weighted by Crippen LogP contribution is 2.27. The highest BCUT2D eigenvalue weighted by atomic mass is 16.6. The molecule has 0 aromatic heterocycles. The number of nitrogens with one attached hydrogen (secondary N) is 2. The number of hydrogen-bond donors (Lipinski definition) is 2. The van der Waals surface area contributed by atoms with E-state index in [1.54, 1.807) is 11.9 Å². The van der Waals surface area contributed by atoms with E-state index >= 15 is 0 Å². The van der Waals surface area contributed by atoms with Gasteiger partial charge in [-0.05, 0) is 47.5 Å². The zero-order valence-corrected chi connectivity index (χ0v) is 16.6. The van der Waals surface area contributed by atoms with Gasteiger partial charge in [-0.2, -0.15) is 0 Å². The van der Waals surface area contributed by atoms with Crippen LogP contribution < -0.4 is 10.6 Å². The lowest BCUT2D eigenvalue weighted by Gasteiger charge is -2.40. The summed E-state index contributed by atoms with van der Waals surface area (Å²) < 4.78 is 5.37. The van der Waals surface area contributed by atoms with E-state index < -0.39 is 5.60 Å². The summed E-state index contributed by atoms with van der Waals surface area (Å²) in [6.07, 6.45) is 2.41. The molecule has 1 amide bonds. The van der Waals surface area contributed by atoms with Gasteiger partial charge in [0.25, 0.3) is 0 Å². The number of carbonyl (C=O) groups excluding carboxylic acids is 1. The lowest BCUT2D eigenvalue weighted by molar-refractivity contribution is 0.00701. The molecule has 7 heteroatoms. The predicted molar refractivity (Wildman–Crippen MR) is 101 cm³/mol. The number of hydrogen-bond acceptors (Lipinski definition) is 4. The van der Waals surface area contributed by atoms with Crippen molar-refractivity contribution in [1.82, 2.24) is 20.4 Å². The molecule has 0 bridgehead atoms. The molecule has 0 spiro atoms. The molecule has 7 nitrogen and oxygen atoms in total. The Morgan fingerprint density at radius 2 is 1.96 bits per heavy atom. The molecule has 144 valence electrons. The second-order valence-electron chi connectivity index (χ2n) is 8.29. The van der Waals surface area contributed by atoms with Gasteiger partial charge in [-0.15, -0.1) is 0 Å². The van der Waals surface area contributed by atoms with Crippen molar-refractivity contribution in [2.45, 2.75) is 71.2 Å². The third kappa shape index (κ3) is 6.38. The van der Waals surface area contributed by atoms with E-state index in [1.165, 1.54) is 12.8 Å². The molecular weight excluding hydrogens is 318 g/mol. The molecule has 1 heterocycles. The van der Waals surface area contributed by atoms with Crippen LogP contribution >= 0.6 is 0 Å². The third-order valence-electron chi connectivity index (χ3n) is 4.44. The van der Waals surface area contributed by atoms with Crippen molar-refractivity contribution in [2.24, 2.45) is 4.99 Å². The Morgan fingerprint density at radius 3 is 2.44 bits per heavy atom. The maximum Gasteiger partial charge on any atom is 0.410 e. The van der Waals surface area contributed by atoms with Crippen LogP contribution in [0.5, 0.6) is 0 Å². The maximum atomic E-state index is 11.9. The van der Waals surface area contributed by atoms with Crippen molar-refractivity contribution in [3.05, 3.63) is 0 Å². The second kappa shape index (κ2) is 8.25. The summed E-state index contributed by atoms with van der Waals surface area (Å²) in [5, 5.41) is 6.75. The number of carbonyl (C=O) groups is 1. The van der Waals surface area contributed by atoms with Crippen LogP contribution in [0.2, 0.25) is 0 Å². The fourth-order valence-corrected chi connectivity index (χ4v) is 3.01. The van der Waals surface area contributed by atoms with Crippen LogP contribution in [0.15, 0.2) is 4.99 Å². The largest absolute Gasteiger partial charge is 0.444 e. The zero-order chi connectivity index (χ0) is 18.6. The summed E-state index contributed by atoms with van der Waals surface area (Å²) in [6, 6.07) is 1.58. The molecule has 2 N–H and O–H groups in total. The van der Waals surface area contributed by atoms with E-state index in [4.69, 9.17) is 4.74 Å². The van der Waals surface area contributed by atoms with Gasteiger partial charge >= 0.3 is 6.09 Å². The fraction of sp³-hybridized carbons (Fsp3) is 0.889. The van der Waals surface area contributed by atoms with Crippen LogP contribution in [0.25, 0.3) is 0 Å². The first-order valence-corrected chi connectivity index (χ1v) is 9.40. The van der Waals surface area contributed by atoms with E-state index in [0.717, 1.165) is 25.1 Å². The lowest BCUT2D eigenvalue weighted by atomic mass is 10.1. The smallest absolute Gasteiger partial charge is 0.410 e. The van der Waals surface area contributed by atoms with Crippen LogP contribution in [-0.2, 0) is 4.74 Å². The van der Waals surface area contributed by atoms with E-state index in [0.29, 0.717) is 19.1 Å². The van der Waals surface area contributed by atoms with Gasteiger partial charge in [0, 0.05) is 45.3 Å². The molecule has 1 aliphatic heterocycles. The van der Waals surface area contributed by atoms with Crippen molar-refractivity contribution < 1.29 is 9.53 Å². The quantitative estimate of drug-likeness (QED) is 0.561. The van der Waals surface area contributed by atoms with E-state index in [2.05, 4.69) is 34.4 Å². The molecule has 0 unspecified atom stereocenters. The van der Waals surface area contributed by atoms with Crippen molar-refractivity contribution in [1.29, 1.82) is 0 Å². The summed E-state index contributed by atoms with van der Waals surface area (Å²) >= 11 is 0. The molecule has 25 heavy (non-hydrogen) atoms. The summed E-state index contributed by atoms with van der Waals surface area (Å²) in [6.45, 7) is 13.4. The van der Waals surface area contributed by atoms with Gasteiger partial charge in [0.05, 0.1) is 6.04 Å². The van der Waals surface area contributed by atoms with Crippen molar-refractivity contribution in [3.8, 4) is 0 Å². The molecule has 2 fully saturated rings. The monoisotopic (exact) mass is 353 g/mol. The lowest BCUT2D eigenvalue weighted by Crippen LogP contribution is -2.63. The van der Waals surface area contributed by atoms with Gasteiger partial charge < -0.3 is 20.3 Å². The molecule has 0 atom stereocenters. The number of ether oxygens (including phenoxy) is 1. The molecule has 0 aromatic carbocycles. The minimum Gasteiger partial charge on any atom is -0.444 e. The number of likely N-dealkylation sites (tertiary alicyclic amines) is 1. The topological polar surface area (TPSA) is 69.2 Å². The molecule has 1 aliphatic carbocycles. The minimum absolute atomic E-state index is 0.225. The van der Waals surface area contributed by atoms with Crippen molar-refractivity contribution in [2.75, 3.05) is 33.2 Å². The standard InChI is InChI=1S/C18H35N5O2/c1-13(2)23(15-7-8-15)10-9-20-16(19-6)21-14-11-22(12-14)17(24)25-18(3,4)5/h13-15H,7-12H2,1-6H3,(H2,19,20,21). The summed E-state index contributed by atoms with van der Waals surface area (Å²) in [4.78, 5) is 20.5. The van der Waals surface area contributed by atoms with E-state index in [-0.39, 0.29) is 12.1 Å². The number of guanidine groups is 1. The third-order valence-corrected chi connectivity index (χ3v) is 4.44. The molecule has 0 aromatic rings. The number of amides is 1. The molecule has 2 rings (SSSR count). The average Bonchev–Trinajstić information content (AvgIpc) is 3.26. The number of rotatable bonds is 6. The van der Waals surface area contributed by atoms with E-state index in [9.17, 15) is 4.79 Å². The maximum absolute atomic E-state index is 11.9. The first-order chi connectivity index (χ1) is 11.7. The van der Waals surface area contributed by atoms with Gasteiger partial charge in [0.2, 0.25) is 0 Å². The fourth-order valence-electron chi connectivity index (χ4n) is 3.01. The Morgan fingerprint density at radius 1 is 1.32 bits per heavy atom. The van der Waals surface area contributed by atoms with Crippen molar-refractivity contribution >= 4 is 12.1 Å². The normalized spacial score (nSPS) is 19.2. The second-order valence-corrected chi connectivity index (χ2v) is 8.29. The van der Waals surface area contributed by atoms with Crippen molar-refractivity contribution in [3.63, 3.8) is 0 Å². The Kier molecular flexibility index (Phi) is 6.54. The highest BCUT2D eigenvalue weighted by molar-refractivity contribution is 5.80. The van der Waals surface area contributed by atoms with Gasteiger partial charge in [0.1, 0.15) is 5.60 Å². The summed E-state index contributed by atoms with van der Waals surface area (Å²) in [7, 11) is 1.78. The molecule has 1 saturated carbocycles. The Labute approximate surface area is 152 Å². The SMILES string of the molecule is CN=C(NCCN(C(C)C)C1CC1)NC1CN(C(=O)OC(C)(C)C)C1. The van der Waals surface area contributed by atoms with Crippen LogP contribution in [0.3, 0.4) is 0 Å². The van der Waals surface area contributed by atoms with Crippen LogP contribution in [0.4, 0.5) is 4.79 Å². The molecular formula is C18H35N5O2. The van der Waals surface area contributed by atoms with Crippen LogP contribution in [0, 0.1) is 0 Å². The zero-order valence-electron chi connectivity index (χ0n) is 16.6. The van der Waals surface area contributed by atoms with Gasteiger partial charge in [-0.1, -0.05) is 0 Å². The Hall–Kier alpha value is -1.50. The predicted octanol–water partition coefficient (Wildman–Crippen LogP) is 1.64. The van der Waals surface area contributed by atoms with Crippen LogP contribution in [0.1, 0.15) is 47.5 Å². The Bertz CT molecular complexity index is 474. The summed E-state index contributed by atoms with van der Waals surface area (Å²) in [5.74, 6) is 0.799. The van der Waals surface area contributed by atoms with Gasteiger partial charge in [-0.25, -0.2) is 4.79 Å². The van der Waals surface area contributed by atoms with Gasteiger partial charge in [0.15, 0.2) is 5.96 Å². The Balaban J connectivity index is 1.65. The molecule has 2 aliphatic rings. The van der Waals surface area contributed by atoms with Crippen LogP contribution in [-0.4, -0.2) is 78.8 Å². The minimum atomic E-state index is -0.447. The molecule has 1 saturated heterocycles. The average molecular weight is 354 g/mol. The first kappa shape index (κ1) is 19.8. The summed E-state index contributed by atoms with van der Waals surface area (Å²) in [5.41, 5.74) is -0.447.